The summed E-state index contributed by atoms with van der Waals surface area (Å²) in [7, 11) is 7.74. The second-order valence-electron chi connectivity index (χ2n) is 9.60. The SMILES string of the molecule is Cc1ccc(CCNc2nc(N(C)C)nc(N(C)Cn3ccc(CCN(C)c4nc(N)nc(N)n4)c3C)n2)s1. The molecule has 0 aliphatic rings. The highest BCUT2D eigenvalue weighted by Gasteiger charge is 2.15. The first-order chi connectivity index (χ1) is 18.6. The molecule has 14 heteroatoms. The number of rotatable bonds is 12. The van der Waals surface area contributed by atoms with Crippen molar-refractivity contribution in [1.29, 1.82) is 0 Å². The molecule has 0 unspecified atom stereocenters. The molecule has 0 saturated carbocycles. The summed E-state index contributed by atoms with van der Waals surface area (Å²) in [6, 6.07) is 6.45. The minimum Gasteiger partial charge on any atom is -0.368 e. The molecule has 0 radical (unpaired) electrons. The van der Waals surface area contributed by atoms with Gasteiger partial charge >= 0.3 is 0 Å². The third kappa shape index (κ3) is 7.22. The van der Waals surface area contributed by atoms with E-state index in [0.717, 1.165) is 25.1 Å². The third-order valence-electron chi connectivity index (χ3n) is 6.24. The van der Waals surface area contributed by atoms with Crippen LogP contribution in [0, 0.1) is 13.8 Å². The van der Waals surface area contributed by atoms with Crippen LogP contribution in [-0.4, -0.2) is 75.8 Å². The van der Waals surface area contributed by atoms with Crippen LogP contribution in [-0.2, 0) is 19.5 Å². The van der Waals surface area contributed by atoms with Crippen LogP contribution in [0.4, 0.5) is 35.7 Å². The molecule has 4 aromatic rings. The standard InChI is InChI=1S/C25H37N13S/c1-16-7-8-19(39-16)9-12-28-22-32-23(35(3)4)34-25(33-22)37(6)15-38-14-11-18(17(38)2)10-13-36(5)24-30-20(26)29-21(27)31-24/h7-8,11,14H,9-10,12-13,15H2,1-6H3,(H,28,32,33,34)(H4,26,27,29,30,31). The van der Waals surface area contributed by atoms with Crippen LogP contribution in [0.1, 0.15) is 21.0 Å². The average molecular weight is 552 g/mol. The molecule has 0 aromatic carbocycles. The number of nitrogens with one attached hydrogen (secondary N) is 1. The van der Waals surface area contributed by atoms with Crippen molar-refractivity contribution in [1.82, 2.24) is 34.5 Å². The molecule has 0 aliphatic carbocycles. The minimum atomic E-state index is 0.112. The predicted octanol–water partition coefficient (Wildman–Crippen LogP) is 2.19. The van der Waals surface area contributed by atoms with E-state index in [1.165, 1.54) is 15.3 Å². The number of hydrogen-bond acceptors (Lipinski definition) is 13. The molecule has 0 aliphatic heterocycles. The van der Waals surface area contributed by atoms with Gasteiger partial charge < -0.3 is 36.1 Å². The van der Waals surface area contributed by atoms with Crippen LogP contribution in [0.15, 0.2) is 24.4 Å². The summed E-state index contributed by atoms with van der Waals surface area (Å²) in [5.74, 6) is 2.45. The first kappa shape index (κ1) is 27.8. The molecule has 0 spiro atoms. The van der Waals surface area contributed by atoms with E-state index in [4.69, 9.17) is 16.5 Å². The lowest BCUT2D eigenvalue weighted by Gasteiger charge is -2.22. The van der Waals surface area contributed by atoms with Gasteiger partial charge in [0.15, 0.2) is 0 Å². The predicted molar refractivity (Wildman–Crippen MR) is 159 cm³/mol. The lowest BCUT2D eigenvalue weighted by Crippen LogP contribution is -2.26. The third-order valence-corrected chi connectivity index (χ3v) is 7.30. The molecule has 13 nitrogen and oxygen atoms in total. The topological polar surface area (TPSA) is 156 Å². The molecule has 0 amide bonds. The maximum Gasteiger partial charge on any atom is 0.233 e. The number of aromatic nitrogens is 7. The molecule has 208 valence electrons. The average Bonchev–Trinajstić information content (AvgIpc) is 3.46. The number of anilines is 6. The van der Waals surface area contributed by atoms with E-state index in [1.807, 2.05) is 54.2 Å². The van der Waals surface area contributed by atoms with Gasteiger partial charge in [-0.15, -0.1) is 11.3 Å². The fraction of sp³-hybridized carbons (Fsp3) is 0.440. The van der Waals surface area contributed by atoms with Crippen LogP contribution in [0.3, 0.4) is 0 Å². The van der Waals surface area contributed by atoms with Crippen molar-refractivity contribution >= 4 is 47.0 Å². The smallest absolute Gasteiger partial charge is 0.233 e. The lowest BCUT2D eigenvalue weighted by molar-refractivity contribution is 0.652. The zero-order valence-corrected chi connectivity index (χ0v) is 24.2. The quantitative estimate of drug-likeness (QED) is 0.236. The van der Waals surface area contributed by atoms with Gasteiger partial charge in [0.2, 0.25) is 35.7 Å². The van der Waals surface area contributed by atoms with Crippen molar-refractivity contribution in [3.05, 3.63) is 45.4 Å². The van der Waals surface area contributed by atoms with Crippen molar-refractivity contribution in [2.24, 2.45) is 0 Å². The Morgan fingerprint density at radius 3 is 2.18 bits per heavy atom. The van der Waals surface area contributed by atoms with Crippen LogP contribution in [0.2, 0.25) is 0 Å². The van der Waals surface area contributed by atoms with Crippen molar-refractivity contribution in [3.8, 4) is 0 Å². The van der Waals surface area contributed by atoms with E-state index in [0.29, 0.717) is 37.0 Å². The highest BCUT2D eigenvalue weighted by atomic mass is 32.1. The fourth-order valence-electron chi connectivity index (χ4n) is 3.98. The Kier molecular flexibility index (Phi) is 8.64. The number of likely N-dealkylation sites (N-methyl/N-ethyl adjacent to an activating group) is 1. The summed E-state index contributed by atoms with van der Waals surface area (Å²) < 4.78 is 2.18. The Bertz CT molecular complexity index is 1380. The van der Waals surface area contributed by atoms with Crippen LogP contribution in [0.5, 0.6) is 0 Å². The Morgan fingerprint density at radius 2 is 1.51 bits per heavy atom. The number of nitrogens with zero attached hydrogens (tertiary/aromatic N) is 10. The lowest BCUT2D eigenvalue weighted by atomic mass is 10.2. The van der Waals surface area contributed by atoms with Crippen molar-refractivity contribution in [2.75, 3.05) is 72.8 Å². The summed E-state index contributed by atoms with van der Waals surface area (Å²) in [5, 5.41) is 3.37. The Morgan fingerprint density at radius 1 is 0.821 bits per heavy atom. The van der Waals surface area contributed by atoms with E-state index < -0.39 is 0 Å². The summed E-state index contributed by atoms with van der Waals surface area (Å²) in [6.45, 7) is 6.27. The van der Waals surface area contributed by atoms with E-state index >= 15 is 0 Å². The molecule has 39 heavy (non-hydrogen) atoms. The van der Waals surface area contributed by atoms with Gasteiger partial charge in [0.25, 0.3) is 0 Å². The van der Waals surface area contributed by atoms with Gasteiger partial charge in [0, 0.05) is 62.9 Å². The molecule has 5 N–H and O–H groups in total. The normalized spacial score (nSPS) is 11.0. The van der Waals surface area contributed by atoms with Crippen LogP contribution < -0.4 is 31.5 Å². The van der Waals surface area contributed by atoms with Gasteiger partial charge in [-0.2, -0.15) is 29.9 Å². The van der Waals surface area contributed by atoms with Crippen LogP contribution >= 0.6 is 11.3 Å². The Labute approximate surface area is 233 Å². The van der Waals surface area contributed by atoms with Gasteiger partial charge in [0.05, 0.1) is 6.67 Å². The number of nitrogen functional groups attached to an aromatic ring is 2. The zero-order valence-electron chi connectivity index (χ0n) is 23.4. The number of nitrogens with two attached hydrogens (primary N) is 2. The number of aryl methyl sites for hydroxylation is 1. The minimum absolute atomic E-state index is 0.112. The second kappa shape index (κ2) is 12.1. The van der Waals surface area contributed by atoms with Gasteiger partial charge in [-0.1, -0.05) is 0 Å². The monoisotopic (exact) mass is 551 g/mol. The van der Waals surface area contributed by atoms with Crippen LogP contribution in [0.25, 0.3) is 0 Å². The van der Waals surface area contributed by atoms with Crippen molar-refractivity contribution < 1.29 is 0 Å². The van der Waals surface area contributed by atoms with E-state index in [2.05, 4.69) is 73.0 Å². The molecule has 4 rings (SSSR count). The molecule has 4 aromatic heterocycles. The zero-order chi connectivity index (χ0) is 28.1. The molecule has 4 heterocycles. The largest absolute Gasteiger partial charge is 0.368 e. The molecular formula is C25H37N13S. The van der Waals surface area contributed by atoms with E-state index in [-0.39, 0.29) is 11.9 Å². The Balaban J connectivity index is 1.40. The van der Waals surface area contributed by atoms with Crippen molar-refractivity contribution in [3.63, 3.8) is 0 Å². The Hall–Kier alpha value is -4.20. The highest BCUT2D eigenvalue weighted by molar-refractivity contribution is 7.11. The summed E-state index contributed by atoms with van der Waals surface area (Å²) in [5.41, 5.74) is 13.8. The molecular weight excluding hydrogens is 514 g/mol. The fourth-order valence-corrected chi connectivity index (χ4v) is 4.87. The first-order valence-electron chi connectivity index (χ1n) is 12.7. The maximum atomic E-state index is 5.71. The van der Waals surface area contributed by atoms with Gasteiger partial charge in [0.1, 0.15) is 0 Å². The first-order valence-corrected chi connectivity index (χ1v) is 13.5. The van der Waals surface area contributed by atoms with Gasteiger partial charge in [-0.25, -0.2) is 0 Å². The highest BCUT2D eigenvalue weighted by Crippen LogP contribution is 2.19. The summed E-state index contributed by atoms with van der Waals surface area (Å²) in [4.78, 5) is 34.6. The summed E-state index contributed by atoms with van der Waals surface area (Å²) >= 11 is 1.81. The van der Waals surface area contributed by atoms with Crippen molar-refractivity contribution in [2.45, 2.75) is 33.4 Å². The molecule has 0 saturated heterocycles. The second-order valence-corrected chi connectivity index (χ2v) is 11.0. The molecule has 0 bridgehead atoms. The number of hydrogen-bond donors (Lipinski definition) is 3. The van der Waals surface area contributed by atoms with E-state index in [1.54, 1.807) is 0 Å². The maximum absolute atomic E-state index is 5.71. The summed E-state index contributed by atoms with van der Waals surface area (Å²) in [6.07, 6.45) is 3.80. The molecule has 0 atom stereocenters. The van der Waals surface area contributed by atoms with Gasteiger partial charge in [-0.3, -0.25) is 0 Å². The molecule has 0 fully saturated rings. The van der Waals surface area contributed by atoms with E-state index in [9.17, 15) is 0 Å². The van der Waals surface area contributed by atoms with Gasteiger partial charge in [-0.05, 0) is 50.5 Å². The number of thiophene rings is 1.